The van der Waals surface area contributed by atoms with Crippen LogP contribution in [0.4, 0.5) is 0 Å². The molecule has 0 aromatic heterocycles. The number of aliphatic hydroxyl groups excluding tert-OH is 1. The Kier molecular flexibility index (Phi) is 26.6. The molecule has 5 fully saturated rings. The monoisotopic (exact) mass is 1410 g/mol. The molecule has 0 aromatic carbocycles. The van der Waals surface area contributed by atoms with Crippen LogP contribution >= 0.6 is 0 Å². The molecule has 2 bridgehead atoms. The lowest BCUT2D eigenvalue weighted by Crippen LogP contribution is -2.62. The van der Waals surface area contributed by atoms with Gasteiger partial charge < -0.3 is 57.7 Å². The van der Waals surface area contributed by atoms with E-state index in [1.165, 1.54) is 25.4 Å². The van der Waals surface area contributed by atoms with Crippen LogP contribution in [0.3, 0.4) is 0 Å². The van der Waals surface area contributed by atoms with Crippen molar-refractivity contribution in [3.8, 4) is 0 Å². The van der Waals surface area contributed by atoms with Gasteiger partial charge >= 0.3 is 23.9 Å². The minimum Gasteiger partial charge on any atom is -0.489 e. The molecule has 2 saturated carbocycles. The third-order valence-corrected chi connectivity index (χ3v) is 24.0. The number of esters is 4. The van der Waals surface area contributed by atoms with Gasteiger partial charge in [0.25, 0.3) is 11.7 Å². The highest BCUT2D eigenvalue weighted by atomic mass is 16.6. The lowest BCUT2D eigenvalue weighted by Gasteiger charge is -2.56. The Labute approximate surface area is 595 Å². The molecule has 9 aliphatic rings. The summed E-state index contributed by atoms with van der Waals surface area (Å²) in [7, 11) is 4.44. The Bertz CT molecular complexity index is 3300. The number of Topliss-reactive ketones (excluding diaryl/α,β-unsaturated/α-hetero) is 5. The predicted octanol–water partition coefficient (Wildman–Crippen LogP) is 10.1. The zero-order chi connectivity index (χ0) is 73.4. The van der Waals surface area contributed by atoms with E-state index in [1.54, 1.807) is 40.9 Å². The predicted molar refractivity (Wildman–Crippen MR) is 369 cm³/mol. The van der Waals surface area contributed by atoms with Crippen LogP contribution in [0.1, 0.15) is 204 Å². The molecule has 0 spiro atoms. The van der Waals surface area contributed by atoms with Gasteiger partial charge in [-0.3, -0.25) is 38.4 Å². The van der Waals surface area contributed by atoms with E-state index in [2.05, 4.69) is 0 Å². The van der Waals surface area contributed by atoms with Gasteiger partial charge in [-0.25, -0.2) is 9.59 Å². The molecule has 101 heavy (non-hydrogen) atoms. The highest BCUT2D eigenvalue weighted by Gasteiger charge is 2.69. The molecule has 3 saturated heterocycles. The fourth-order valence-corrected chi connectivity index (χ4v) is 17.8. The highest BCUT2D eigenvalue weighted by molar-refractivity contribution is 6.39. The number of methoxy groups -OCH3 is 3. The molecule has 0 radical (unpaired) electrons. The SMILES string of the molecule is COC[C@H]1OC(=O)C2=COC3C(=O)C4=C([C@H](OC(=O)CCCCCCC(=O)OC5CCC(C[C@@H](C)[C@@H]6CC(=O)[C@H](C)/C=C(\C)[C@@H](O)[C@@H](OC)C(=O)[C@H](C)C[C@H](C)/C=C/C=C/C=C(\C)[C@@H](OC)C[C@@H]7CC[C@@H](C)[C@@](O)(O7)C(=O)C(=O)N7CCCCC7C(=O)O6)CC5)C[C@]5(C)C(=O)CC[C@@H]45)[C@]1(C)C23. The van der Waals surface area contributed by atoms with Gasteiger partial charge in [-0.05, 0) is 138 Å². The number of hydrogen-bond acceptors (Lipinski definition) is 21. The minimum absolute atomic E-state index is 0.0102. The van der Waals surface area contributed by atoms with Crippen LogP contribution in [0.5, 0.6) is 0 Å². The number of unbranched alkanes of at least 4 members (excludes halogenated alkanes) is 3. The van der Waals surface area contributed by atoms with Gasteiger partial charge in [-0.2, -0.15) is 0 Å². The first-order valence-corrected chi connectivity index (χ1v) is 37.2. The smallest absolute Gasteiger partial charge is 0.337 e. The lowest BCUT2D eigenvalue weighted by molar-refractivity contribution is -0.265. The number of ether oxygens (including phenoxy) is 9. The molecule has 2 N–H and O–H groups in total. The Morgan fingerprint density at radius 3 is 2.17 bits per heavy atom. The fourth-order valence-electron chi connectivity index (χ4n) is 17.8. The Morgan fingerprint density at radius 2 is 1.49 bits per heavy atom. The van der Waals surface area contributed by atoms with E-state index in [9.17, 15) is 58.2 Å². The summed E-state index contributed by atoms with van der Waals surface area (Å²) >= 11 is 0. The summed E-state index contributed by atoms with van der Waals surface area (Å²) in [5.74, 6) is -11.2. The molecule has 3 unspecified atom stereocenters. The van der Waals surface area contributed by atoms with Crippen LogP contribution in [0.25, 0.3) is 0 Å². The van der Waals surface area contributed by atoms with Crippen molar-refractivity contribution in [2.45, 2.75) is 270 Å². The Morgan fingerprint density at radius 1 is 0.782 bits per heavy atom. The van der Waals surface area contributed by atoms with Gasteiger partial charge in [0.1, 0.15) is 54.2 Å². The highest BCUT2D eigenvalue weighted by Crippen LogP contribution is 2.64. The van der Waals surface area contributed by atoms with E-state index in [0.717, 1.165) is 5.57 Å². The maximum absolute atomic E-state index is 14.7. The molecule has 558 valence electrons. The van der Waals surface area contributed by atoms with Crippen molar-refractivity contribution in [1.82, 2.24) is 4.90 Å². The van der Waals surface area contributed by atoms with Gasteiger partial charge in [0, 0.05) is 106 Å². The van der Waals surface area contributed by atoms with E-state index in [0.29, 0.717) is 113 Å². The van der Waals surface area contributed by atoms with Gasteiger partial charge in [0.2, 0.25) is 5.79 Å². The van der Waals surface area contributed by atoms with Gasteiger partial charge in [-0.15, -0.1) is 0 Å². The van der Waals surface area contributed by atoms with E-state index < -0.39 is 137 Å². The number of ketones is 5. The summed E-state index contributed by atoms with van der Waals surface area (Å²) in [6.07, 6.45) is 13.9. The van der Waals surface area contributed by atoms with Crippen molar-refractivity contribution in [3.05, 3.63) is 70.6 Å². The molecule has 0 aromatic rings. The molecule has 22 nitrogen and oxygen atoms in total. The van der Waals surface area contributed by atoms with Crippen LogP contribution in [0.15, 0.2) is 70.6 Å². The number of cyclic esters (lactones) is 2. The Balaban J connectivity index is 0.809. The number of piperidine rings is 1. The standard InChI is InChI=1S/C79H111NO21/c1-44-22-16-15-17-23-45(2)58(94-11)39-53-30-27-50(7)79(92,101-53)73(88)74(89)80-35-21-20-24-56(80)76(91)99-59(40-57(81)46(3)37-49(6)69(86)72(95-12)68(85)48(5)36-44)47(4)38-51-28-31-52(32-29-51)97-63(83)25-18-13-14-19-26-64(84)98-60-41-77(8)55(33-34-61(77)82)65-67(60)78(9)62(43-93-10)100-75(90)54-42-96-71(66(54)78)70(65)87/h15-17,22-23,37,42,44,46-48,50-53,55-56,58-60,62,66,69,71-72,86,92H,13-14,18-21,24-36,38-41,43H2,1-12H3/b17-15+,22-16+,45-23+,49-37+/t44-,46-,47-,48-,50-,51?,52?,53+,55+,56?,58+,59+,60-,62-,66?,69-,71?,72+,77+,78+,79-/m1/s1. The molecule has 5 aliphatic heterocycles. The van der Waals surface area contributed by atoms with Crippen LogP contribution in [0.2, 0.25) is 0 Å². The second-order valence-electron chi connectivity index (χ2n) is 31.2. The van der Waals surface area contributed by atoms with Crippen LogP contribution in [-0.2, 0) is 90.6 Å². The summed E-state index contributed by atoms with van der Waals surface area (Å²) in [5, 5.41) is 23.7. The van der Waals surface area contributed by atoms with Crippen molar-refractivity contribution >= 4 is 58.7 Å². The topological polar surface area (TPSA) is 297 Å². The fraction of sp³-hybridized carbons (Fsp3) is 0.722. The molecule has 1 amide bonds. The largest absolute Gasteiger partial charge is 0.489 e. The first-order chi connectivity index (χ1) is 48.0. The van der Waals surface area contributed by atoms with Gasteiger partial charge in [-0.1, -0.05) is 97.8 Å². The summed E-state index contributed by atoms with van der Waals surface area (Å²) < 4.78 is 53.9. The van der Waals surface area contributed by atoms with Crippen molar-refractivity contribution in [2.75, 3.05) is 34.5 Å². The van der Waals surface area contributed by atoms with Crippen LogP contribution in [0, 0.1) is 58.2 Å². The number of carbonyl (C=O) groups is 10. The number of carbonyl (C=O) groups excluding carboxylic acids is 10. The van der Waals surface area contributed by atoms with Crippen molar-refractivity contribution in [1.29, 1.82) is 0 Å². The van der Waals surface area contributed by atoms with Crippen molar-refractivity contribution in [2.24, 2.45) is 58.2 Å². The quantitative estimate of drug-likeness (QED) is 0.0477. The zero-order valence-corrected chi connectivity index (χ0v) is 61.5. The number of amides is 1. The van der Waals surface area contributed by atoms with E-state index in [4.69, 9.17) is 42.6 Å². The number of fused-ring (bicyclic) bond motifs is 6. The molecular formula is C79H111NO21. The van der Waals surface area contributed by atoms with Gasteiger partial charge in [0.05, 0.1) is 36.6 Å². The zero-order valence-electron chi connectivity index (χ0n) is 61.5. The second-order valence-corrected chi connectivity index (χ2v) is 31.2. The summed E-state index contributed by atoms with van der Waals surface area (Å²) in [5.41, 5.74) is 0.538. The number of allylic oxidation sites excluding steroid dienone is 6. The summed E-state index contributed by atoms with van der Waals surface area (Å²) in [4.78, 5) is 142. The van der Waals surface area contributed by atoms with Crippen molar-refractivity contribution in [3.63, 3.8) is 0 Å². The number of nitrogens with zero attached hydrogens (tertiary/aromatic N) is 1. The molecule has 5 heterocycles. The number of rotatable bonds is 16. The molecule has 22 heteroatoms. The molecule has 9 rings (SSSR count). The molecule has 4 aliphatic carbocycles. The lowest BCUT2D eigenvalue weighted by atomic mass is 9.50. The number of aliphatic hydroxyl groups is 2. The molecular weight excluding hydrogens is 1300 g/mol. The number of hydrogen-bond donors (Lipinski definition) is 2. The van der Waals surface area contributed by atoms with E-state index in [-0.39, 0.29) is 111 Å². The maximum Gasteiger partial charge on any atom is 0.337 e. The maximum atomic E-state index is 14.7. The first-order valence-electron chi connectivity index (χ1n) is 37.2. The summed E-state index contributed by atoms with van der Waals surface area (Å²) in [6, 6.07) is -1.20. The average molecular weight is 1410 g/mol. The molecule has 19 atom stereocenters. The van der Waals surface area contributed by atoms with Crippen molar-refractivity contribution < 1.29 is 101 Å². The van der Waals surface area contributed by atoms with E-state index in [1.807, 2.05) is 65.0 Å². The average Bonchev–Trinajstić information content (AvgIpc) is 1.63. The van der Waals surface area contributed by atoms with Crippen LogP contribution < -0.4 is 0 Å². The first kappa shape index (κ1) is 78.8. The minimum atomic E-state index is -2.48. The second kappa shape index (κ2) is 34.1. The summed E-state index contributed by atoms with van der Waals surface area (Å²) in [6.45, 7) is 16.4. The third-order valence-electron chi connectivity index (χ3n) is 24.0. The normalized spacial score (nSPS) is 39.1. The Hall–Kier alpha value is -6.30. The van der Waals surface area contributed by atoms with Gasteiger partial charge in [0.15, 0.2) is 17.7 Å². The van der Waals surface area contributed by atoms with Crippen LogP contribution in [-0.4, -0.2) is 175 Å². The third kappa shape index (κ3) is 17.3. The van der Waals surface area contributed by atoms with E-state index >= 15 is 0 Å².